The predicted molar refractivity (Wildman–Crippen MR) is 88.8 cm³/mol. The molecule has 2 atom stereocenters. The molecule has 1 fully saturated rings. The van der Waals surface area contributed by atoms with Crippen LogP contribution in [0.25, 0.3) is 0 Å². The molecule has 0 radical (unpaired) electrons. The molecule has 0 saturated carbocycles. The molecule has 1 heterocycles. The lowest BCUT2D eigenvalue weighted by Gasteiger charge is -2.20. The summed E-state index contributed by atoms with van der Waals surface area (Å²) in [6.07, 6.45) is 4.02. The van der Waals surface area contributed by atoms with Crippen molar-refractivity contribution in [2.75, 3.05) is 27.2 Å². The zero-order valence-corrected chi connectivity index (χ0v) is 14.0. The van der Waals surface area contributed by atoms with Gasteiger partial charge in [-0.3, -0.25) is 4.90 Å². The molecular weight excluding hydrogens is 260 g/mol. The maximum absolute atomic E-state index is 5.55. The van der Waals surface area contributed by atoms with Crippen LogP contribution in [0.15, 0.2) is 18.2 Å². The summed E-state index contributed by atoms with van der Waals surface area (Å²) in [5.74, 6) is 1.90. The number of nitrogens with one attached hydrogen (secondary N) is 1. The molecule has 2 rings (SSSR count). The van der Waals surface area contributed by atoms with Crippen LogP contribution in [-0.4, -0.2) is 32.1 Å². The van der Waals surface area contributed by atoms with Gasteiger partial charge in [0.05, 0.1) is 7.11 Å². The maximum atomic E-state index is 5.55. The largest absolute Gasteiger partial charge is 0.496 e. The van der Waals surface area contributed by atoms with Gasteiger partial charge >= 0.3 is 0 Å². The molecule has 2 unspecified atom stereocenters. The van der Waals surface area contributed by atoms with E-state index in [1.807, 2.05) is 7.05 Å². The summed E-state index contributed by atoms with van der Waals surface area (Å²) in [6, 6.07) is 6.94. The second-order valence-electron chi connectivity index (χ2n) is 6.26. The lowest BCUT2D eigenvalue weighted by molar-refractivity contribution is 0.305. The van der Waals surface area contributed by atoms with E-state index in [1.54, 1.807) is 7.11 Å². The van der Waals surface area contributed by atoms with Crippen LogP contribution in [-0.2, 0) is 6.54 Å². The average molecular weight is 290 g/mol. The van der Waals surface area contributed by atoms with Crippen LogP contribution in [0, 0.1) is 5.92 Å². The van der Waals surface area contributed by atoms with Gasteiger partial charge in [0.2, 0.25) is 0 Å². The molecule has 1 saturated heterocycles. The first kappa shape index (κ1) is 16.3. The Labute approximate surface area is 129 Å². The molecule has 0 bridgehead atoms. The van der Waals surface area contributed by atoms with Gasteiger partial charge in [-0.2, -0.15) is 0 Å². The summed E-state index contributed by atoms with van der Waals surface area (Å²) < 4.78 is 5.55. The van der Waals surface area contributed by atoms with Crippen LogP contribution in [0.2, 0.25) is 0 Å². The molecule has 1 aromatic carbocycles. The Morgan fingerprint density at radius 3 is 2.90 bits per heavy atom. The fourth-order valence-electron chi connectivity index (χ4n) is 3.30. The van der Waals surface area contributed by atoms with Crippen LogP contribution in [0.1, 0.15) is 50.3 Å². The summed E-state index contributed by atoms with van der Waals surface area (Å²) in [5, 5.41) is 3.31. The minimum absolute atomic E-state index is 0.376. The van der Waals surface area contributed by atoms with Crippen LogP contribution >= 0.6 is 0 Å². The minimum Gasteiger partial charge on any atom is -0.496 e. The lowest BCUT2D eigenvalue weighted by atomic mass is 10.0. The van der Waals surface area contributed by atoms with E-state index in [4.69, 9.17) is 4.74 Å². The quantitative estimate of drug-likeness (QED) is 0.830. The molecule has 0 aliphatic carbocycles. The van der Waals surface area contributed by atoms with E-state index in [-0.39, 0.29) is 0 Å². The topological polar surface area (TPSA) is 24.5 Å². The van der Waals surface area contributed by atoms with Crippen molar-refractivity contribution in [2.45, 2.75) is 45.7 Å². The Bertz CT molecular complexity index is 447. The van der Waals surface area contributed by atoms with E-state index in [2.05, 4.69) is 42.3 Å². The van der Waals surface area contributed by atoms with Gasteiger partial charge in [-0.05, 0) is 57.0 Å². The van der Waals surface area contributed by atoms with E-state index in [0.717, 1.165) is 18.2 Å². The molecule has 3 heteroatoms. The summed E-state index contributed by atoms with van der Waals surface area (Å²) >= 11 is 0. The SMILES string of the molecule is CCCC1CCN(Cc2cc(C(C)NC)ccc2OC)C1. The zero-order chi connectivity index (χ0) is 15.2. The second kappa shape index (κ2) is 7.81. The number of hydrogen-bond acceptors (Lipinski definition) is 3. The van der Waals surface area contributed by atoms with Crippen LogP contribution in [0.5, 0.6) is 5.75 Å². The second-order valence-corrected chi connectivity index (χ2v) is 6.26. The Morgan fingerprint density at radius 2 is 2.24 bits per heavy atom. The summed E-state index contributed by atoms with van der Waals surface area (Å²) in [7, 11) is 3.77. The number of hydrogen-bond donors (Lipinski definition) is 1. The Hall–Kier alpha value is -1.06. The van der Waals surface area contributed by atoms with E-state index in [0.29, 0.717) is 6.04 Å². The molecule has 3 nitrogen and oxygen atoms in total. The highest BCUT2D eigenvalue weighted by atomic mass is 16.5. The fraction of sp³-hybridized carbons (Fsp3) is 0.667. The van der Waals surface area contributed by atoms with Crippen molar-refractivity contribution in [3.05, 3.63) is 29.3 Å². The summed E-state index contributed by atoms with van der Waals surface area (Å²) in [5.41, 5.74) is 2.65. The Kier molecular flexibility index (Phi) is 6.07. The number of likely N-dealkylation sites (tertiary alicyclic amines) is 1. The molecule has 0 spiro atoms. The van der Waals surface area contributed by atoms with Crippen LogP contribution in [0.4, 0.5) is 0 Å². The first-order chi connectivity index (χ1) is 10.2. The average Bonchev–Trinajstić information content (AvgIpc) is 2.94. The van der Waals surface area contributed by atoms with Crippen molar-refractivity contribution in [1.29, 1.82) is 0 Å². The van der Waals surface area contributed by atoms with Gasteiger partial charge in [0.15, 0.2) is 0 Å². The standard InChI is InChI=1S/C18H30N2O/c1-5-6-15-9-10-20(12-15)13-17-11-16(14(2)19-3)7-8-18(17)21-4/h7-8,11,14-15,19H,5-6,9-10,12-13H2,1-4H3. The van der Waals surface area contributed by atoms with Gasteiger partial charge in [0.1, 0.15) is 5.75 Å². The normalized spacial score (nSPS) is 20.7. The summed E-state index contributed by atoms with van der Waals surface area (Å²) in [4.78, 5) is 2.58. The Morgan fingerprint density at radius 1 is 1.43 bits per heavy atom. The predicted octanol–water partition coefficient (Wildman–Crippen LogP) is 3.60. The van der Waals surface area contributed by atoms with Gasteiger partial charge in [-0.15, -0.1) is 0 Å². The molecule has 1 aromatic rings. The molecule has 1 aliphatic rings. The number of nitrogens with zero attached hydrogens (tertiary/aromatic N) is 1. The molecular formula is C18H30N2O. The van der Waals surface area contributed by atoms with Crippen molar-refractivity contribution in [1.82, 2.24) is 10.2 Å². The fourth-order valence-corrected chi connectivity index (χ4v) is 3.30. The molecule has 0 aromatic heterocycles. The number of methoxy groups -OCH3 is 1. The first-order valence-corrected chi connectivity index (χ1v) is 8.24. The highest BCUT2D eigenvalue weighted by Gasteiger charge is 2.22. The lowest BCUT2D eigenvalue weighted by Crippen LogP contribution is -2.21. The van der Waals surface area contributed by atoms with E-state index >= 15 is 0 Å². The van der Waals surface area contributed by atoms with Crippen molar-refractivity contribution < 1.29 is 4.74 Å². The minimum atomic E-state index is 0.376. The van der Waals surface area contributed by atoms with Gasteiger partial charge < -0.3 is 10.1 Å². The third kappa shape index (κ3) is 4.21. The van der Waals surface area contributed by atoms with Gasteiger partial charge in [0.25, 0.3) is 0 Å². The molecule has 0 amide bonds. The van der Waals surface area contributed by atoms with Gasteiger partial charge in [-0.1, -0.05) is 19.4 Å². The van der Waals surface area contributed by atoms with E-state index in [1.165, 1.54) is 43.5 Å². The van der Waals surface area contributed by atoms with E-state index < -0.39 is 0 Å². The highest BCUT2D eigenvalue weighted by Crippen LogP contribution is 2.28. The molecule has 21 heavy (non-hydrogen) atoms. The number of ether oxygens (including phenoxy) is 1. The third-order valence-electron chi connectivity index (χ3n) is 4.70. The third-order valence-corrected chi connectivity index (χ3v) is 4.70. The van der Waals surface area contributed by atoms with Gasteiger partial charge in [-0.25, -0.2) is 0 Å². The monoisotopic (exact) mass is 290 g/mol. The summed E-state index contributed by atoms with van der Waals surface area (Å²) in [6.45, 7) is 7.95. The zero-order valence-electron chi connectivity index (χ0n) is 14.0. The highest BCUT2D eigenvalue weighted by molar-refractivity contribution is 5.38. The van der Waals surface area contributed by atoms with Crippen molar-refractivity contribution >= 4 is 0 Å². The smallest absolute Gasteiger partial charge is 0.123 e. The molecule has 118 valence electrons. The maximum Gasteiger partial charge on any atom is 0.123 e. The first-order valence-electron chi connectivity index (χ1n) is 8.24. The van der Waals surface area contributed by atoms with Crippen molar-refractivity contribution in [3.8, 4) is 5.75 Å². The van der Waals surface area contributed by atoms with Gasteiger partial charge in [0, 0.05) is 24.7 Å². The number of rotatable bonds is 7. The van der Waals surface area contributed by atoms with Crippen LogP contribution < -0.4 is 10.1 Å². The molecule has 1 N–H and O–H groups in total. The Balaban J connectivity index is 2.07. The van der Waals surface area contributed by atoms with Crippen molar-refractivity contribution in [3.63, 3.8) is 0 Å². The molecule has 1 aliphatic heterocycles. The number of benzene rings is 1. The van der Waals surface area contributed by atoms with E-state index in [9.17, 15) is 0 Å². The van der Waals surface area contributed by atoms with Crippen molar-refractivity contribution in [2.24, 2.45) is 5.92 Å². The van der Waals surface area contributed by atoms with Crippen LogP contribution in [0.3, 0.4) is 0 Å².